The van der Waals surface area contributed by atoms with E-state index in [-0.39, 0.29) is 0 Å². The molecule has 56 valence electrons. The van der Waals surface area contributed by atoms with Crippen LogP contribution in [0.25, 0.3) is 0 Å². The highest BCUT2D eigenvalue weighted by molar-refractivity contribution is 6.37. The maximum atomic E-state index is 2.33. The molecule has 0 aromatic heterocycles. The molecule has 1 saturated carbocycles. The second-order valence-electron chi connectivity index (χ2n) is 3.70. The minimum Gasteiger partial charge on any atom is -0.0891 e. The SMILES string of the molecule is CBC1CCC(BC)CC1. The van der Waals surface area contributed by atoms with Gasteiger partial charge in [-0.25, -0.2) is 0 Å². The van der Waals surface area contributed by atoms with Crippen molar-refractivity contribution < 1.29 is 0 Å². The van der Waals surface area contributed by atoms with Crippen LogP contribution in [-0.2, 0) is 0 Å². The van der Waals surface area contributed by atoms with E-state index in [4.69, 9.17) is 0 Å². The van der Waals surface area contributed by atoms with Gasteiger partial charge in [-0.15, -0.1) is 0 Å². The van der Waals surface area contributed by atoms with Gasteiger partial charge < -0.3 is 0 Å². The molecule has 1 rings (SSSR count). The Morgan fingerprint density at radius 1 is 0.800 bits per heavy atom. The maximum absolute atomic E-state index is 2.33. The van der Waals surface area contributed by atoms with Gasteiger partial charge in [0.15, 0.2) is 0 Å². The predicted molar refractivity (Wildman–Crippen MR) is 52.0 cm³/mol. The summed E-state index contributed by atoms with van der Waals surface area (Å²) < 4.78 is 0. The molecule has 0 aliphatic heterocycles. The lowest BCUT2D eigenvalue weighted by atomic mass is 9.53. The first kappa shape index (κ1) is 8.23. The topological polar surface area (TPSA) is 0 Å². The molecule has 0 radical (unpaired) electrons. The average molecular weight is 136 g/mol. The zero-order valence-electron chi connectivity index (χ0n) is 7.40. The van der Waals surface area contributed by atoms with Gasteiger partial charge in [0, 0.05) is 0 Å². The number of hydrogen-bond acceptors (Lipinski definition) is 0. The van der Waals surface area contributed by atoms with Crippen LogP contribution in [0.3, 0.4) is 0 Å². The predicted octanol–water partition coefficient (Wildman–Crippen LogP) is 2.11. The summed E-state index contributed by atoms with van der Waals surface area (Å²) in [5.41, 5.74) is 0. The van der Waals surface area contributed by atoms with Crippen molar-refractivity contribution in [1.29, 1.82) is 0 Å². The number of hydrogen-bond donors (Lipinski definition) is 0. The summed E-state index contributed by atoms with van der Waals surface area (Å²) in [4.78, 5) is 0. The molecule has 0 aromatic carbocycles. The Morgan fingerprint density at radius 3 is 1.30 bits per heavy atom. The molecule has 0 spiro atoms. The molecule has 0 atom stereocenters. The van der Waals surface area contributed by atoms with Crippen LogP contribution in [0.15, 0.2) is 0 Å². The Hall–Kier alpha value is 0.130. The molecule has 2 heteroatoms. The molecule has 0 amide bonds. The normalized spacial score (nSPS) is 33.4. The summed E-state index contributed by atoms with van der Waals surface area (Å²) in [5.74, 6) is 2.14. The van der Waals surface area contributed by atoms with E-state index in [1.54, 1.807) is 0 Å². The summed E-state index contributed by atoms with van der Waals surface area (Å²) in [6.07, 6.45) is 6.04. The van der Waals surface area contributed by atoms with Crippen LogP contribution in [0.5, 0.6) is 0 Å². The molecular formula is C8H18B2. The fraction of sp³-hybridized carbons (Fsp3) is 1.00. The van der Waals surface area contributed by atoms with Gasteiger partial charge in [-0.1, -0.05) is 51.0 Å². The highest BCUT2D eigenvalue weighted by Crippen LogP contribution is 2.34. The van der Waals surface area contributed by atoms with Crippen LogP contribution in [-0.4, -0.2) is 14.6 Å². The van der Waals surface area contributed by atoms with Crippen LogP contribution in [0.2, 0.25) is 25.3 Å². The molecule has 0 heterocycles. The molecule has 0 nitrogen and oxygen atoms in total. The first-order valence-corrected chi connectivity index (χ1v) is 4.86. The molecule has 0 N–H and O–H groups in total. The van der Waals surface area contributed by atoms with E-state index in [0.29, 0.717) is 0 Å². The monoisotopic (exact) mass is 136 g/mol. The highest BCUT2D eigenvalue weighted by Gasteiger charge is 2.18. The molecule has 1 fully saturated rings. The van der Waals surface area contributed by atoms with Crippen LogP contribution < -0.4 is 0 Å². The first-order valence-electron chi connectivity index (χ1n) is 4.86. The minimum absolute atomic E-state index is 1.07. The Morgan fingerprint density at radius 2 is 1.10 bits per heavy atom. The minimum atomic E-state index is 1.07. The van der Waals surface area contributed by atoms with Gasteiger partial charge >= 0.3 is 0 Å². The Kier molecular flexibility index (Phi) is 3.37. The second-order valence-corrected chi connectivity index (χ2v) is 3.70. The standard InChI is InChI=1S/C8H18B2/c1-9-7-3-5-8(10-2)6-4-7/h7-10H,3-6H2,1-2H3. The van der Waals surface area contributed by atoms with Crippen molar-refractivity contribution >= 4 is 14.6 Å². The van der Waals surface area contributed by atoms with E-state index < -0.39 is 0 Å². The maximum Gasteiger partial charge on any atom is 0.120 e. The lowest BCUT2D eigenvalue weighted by molar-refractivity contribution is 0.498. The Labute approximate surface area is 66.3 Å². The summed E-state index contributed by atoms with van der Waals surface area (Å²) in [7, 11) is 2.83. The van der Waals surface area contributed by atoms with Gasteiger partial charge in [-0.05, 0) is 0 Å². The Balaban J connectivity index is 2.17. The van der Waals surface area contributed by atoms with E-state index in [9.17, 15) is 0 Å². The van der Waals surface area contributed by atoms with Gasteiger partial charge in [0.2, 0.25) is 0 Å². The molecule has 1 aliphatic rings. The fourth-order valence-corrected chi connectivity index (χ4v) is 2.05. The second kappa shape index (κ2) is 4.10. The third-order valence-electron chi connectivity index (χ3n) is 3.12. The van der Waals surface area contributed by atoms with Crippen molar-refractivity contribution in [3.05, 3.63) is 0 Å². The lowest BCUT2D eigenvalue weighted by Gasteiger charge is -2.26. The van der Waals surface area contributed by atoms with E-state index in [1.165, 1.54) is 40.2 Å². The van der Waals surface area contributed by atoms with Crippen molar-refractivity contribution in [2.75, 3.05) is 0 Å². The molecule has 0 aromatic rings. The average Bonchev–Trinajstić information content (AvgIpc) is 2.05. The molecule has 0 bridgehead atoms. The van der Waals surface area contributed by atoms with Crippen molar-refractivity contribution in [2.24, 2.45) is 0 Å². The fourth-order valence-electron chi connectivity index (χ4n) is 2.05. The molecule has 0 saturated heterocycles. The van der Waals surface area contributed by atoms with Crippen molar-refractivity contribution in [1.82, 2.24) is 0 Å². The van der Waals surface area contributed by atoms with Gasteiger partial charge in [-0.2, -0.15) is 0 Å². The molecule has 0 unspecified atom stereocenters. The quantitative estimate of drug-likeness (QED) is 0.509. The summed E-state index contributed by atoms with van der Waals surface area (Å²) >= 11 is 0. The van der Waals surface area contributed by atoms with Crippen molar-refractivity contribution in [3.63, 3.8) is 0 Å². The smallest absolute Gasteiger partial charge is 0.0891 e. The zero-order valence-corrected chi connectivity index (χ0v) is 7.40. The highest BCUT2D eigenvalue weighted by atomic mass is 14.1. The van der Waals surface area contributed by atoms with E-state index in [2.05, 4.69) is 13.6 Å². The third-order valence-corrected chi connectivity index (χ3v) is 3.12. The first-order chi connectivity index (χ1) is 4.86. The van der Waals surface area contributed by atoms with E-state index >= 15 is 0 Å². The van der Waals surface area contributed by atoms with Crippen LogP contribution >= 0.6 is 0 Å². The summed E-state index contributed by atoms with van der Waals surface area (Å²) in [5, 5.41) is 0. The van der Waals surface area contributed by atoms with Crippen molar-refractivity contribution in [3.8, 4) is 0 Å². The summed E-state index contributed by atoms with van der Waals surface area (Å²) in [6.45, 7) is 4.66. The van der Waals surface area contributed by atoms with Crippen LogP contribution in [0.1, 0.15) is 25.7 Å². The van der Waals surface area contributed by atoms with E-state index in [1.807, 2.05) is 0 Å². The molecule has 1 aliphatic carbocycles. The van der Waals surface area contributed by atoms with Crippen molar-refractivity contribution in [2.45, 2.75) is 51.0 Å². The molecular weight excluding hydrogens is 118 g/mol. The third kappa shape index (κ3) is 2.07. The van der Waals surface area contributed by atoms with Gasteiger partial charge in [0.25, 0.3) is 0 Å². The molecule has 10 heavy (non-hydrogen) atoms. The van der Waals surface area contributed by atoms with Gasteiger partial charge in [-0.3, -0.25) is 0 Å². The van der Waals surface area contributed by atoms with Crippen LogP contribution in [0.4, 0.5) is 0 Å². The zero-order chi connectivity index (χ0) is 7.40. The van der Waals surface area contributed by atoms with Gasteiger partial charge in [0.05, 0.1) is 0 Å². The van der Waals surface area contributed by atoms with Crippen LogP contribution in [0, 0.1) is 0 Å². The Bertz CT molecular complexity index is 73.3. The summed E-state index contributed by atoms with van der Waals surface area (Å²) in [6, 6.07) is 0. The largest absolute Gasteiger partial charge is 0.120 e. The van der Waals surface area contributed by atoms with E-state index in [0.717, 1.165) is 11.6 Å². The van der Waals surface area contributed by atoms with Gasteiger partial charge in [0.1, 0.15) is 14.6 Å². The lowest BCUT2D eigenvalue weighted by Crippen LogP contribution is -2.12. The number of rotatable bonds is 2.